The van der Waals surface area contributed by atoms with Crippen LogP contribution in [-0.4, -0.2) is 37.2 Å². The number of carbonyl (C=O) groups excluding carboxylic acids is 1. The monoisotopic (exact) mass is 303 g/mol. The maximum Gasteiger partial charge on any atom is 0.323 e. The van der Waals surface area contributed by atoms with E-state index in [2.05, 4.69) is 14.6 Å². The van der Waals surface area contributed by atoms with Crippen molar-refractivity contribution in [1.82, 2.24) is 4.98 Å². The fourth-order valence-electron chi connectivity index (χ4n) is 2.10. The molecule has 5 nitrogen and oxygen atoms in total. The number of nitrogens with zero attached hydrogens (tertiary/aromatic N) is 2. The van der Waals surface area contributed by atoms with Crippen LogP contribution in [-0.2, 0) is 16.0 Å². The Labute approximate surface area is 121 Å². The van der Waals surface area contributed by atoms with Crippen molar-refractivity contribution < 1.29 is 9.53 Å². The van der Waals surface area contributed by atoms with E-state index >= 15 is 0 Å². The molecule has 2 N–H and O–H groups in total. The van der Waals surface area contributed by atoms with Crippen LogP contribution < -0.4 is 10.6 Å². The summed E-state index contributed by atoms with van der Waals surface area (Å²) in [5, 5.41) is 1.38. The van der Waals surface area contributed by atoms with Crippen LogP contribution in [0.25, 0.3) is 0 Å². The van der Waals surface area contributed by atoms with E-state index in [1.165, 1.54) is 37.7 Å². The molecule has 1 fully saturated rings. The lowest BCUT2D eigenvalue weighted by Crippen LogP contribution is -2.33. The largest absolute Gasteiger partial charge is 0.468 e. The number of nitrogens with two attached hydrogens (primary N) is 1. The number of piperidine rings is 1. The summed E-state index contributed by atoms with van der Waals surface area (Å²) < 4.78 is 4.61. The van der Waals surface area contributed by atoms with Gasteiger partial charge >= 0.3 is 5.97 Å². The Hall–Kier alpha value is -0.850. The van der Waals surface area contributed by atoms with E-state index in [0.29, 0.717) is 11.6 Å². The fraction of sp³-hybridized carbons (Fsp3) is 0.667. The van der Waals surface area contributed by atoms with Crippen molar-refractivity contribution in [3.05, 3.63) is 10.0 Å². The van der Waals surface area contributed by atoms with E-state index in [-0.39, 0.29) is 0 Å². The summed E-state index contributed by atoms with van der Waals surface area (Å²) in [7, 11) is 1.33. The molecule has 2 rings (SSSR count). The number of rotatable bonds is 4. The van der Waals surface area contributed by atoms with Crippen molar-refractivity contribution in [3.63, 3.8) is 0 Å². The van der Waals surface area contributed by atoms with Gasteiger partial charge in [-0.15, -0.1) is 11.3 Å². The highest BCUT2D eigenvalue weighted by Gasteiger charge is 2.21. The van der Waals surface area contributed by atoms with E-state index in [9.17, 15) is 4.79 Å². The molecule has 0 aliphatic carbocycles. The normalized spacial score (nSPS) is 17.3. The third-order valence-corrected chi connectivity index (χ3v) is 4.74. The van der Waals surface area contributed by atoms with Crippen LogP contribution in [0.15, 0.2) is 0 Å². The lowest BCUT2D eigenvalue weighted by Gasteiger charge is -2.25. The number of halogens is 1. The number of hydrogen-bond acceptors (Lipinski definition) is 6. The first-order chi connectivity index (χ1) is 9.11. The molecule has 0 spiro atoms. The molecule has 1 aliphatic heterocycles. The Balaban J connectivity index is 2.05. The molecule has 2 heterocycles. The van der Waals surface area contributed by atoms with Gasteiger partial charge in [0.25, 0.3) is 0 Å². The van der Waals surface area contributed by atoms with Gasteiger partial charge in [0.2, 0.25) is 0 Å². The predicted octanol–water partition coefficient (Wildman–Crippen LogP) is 1.83. The van der Waals surface area contributed by atoms with Crippen LogP contribution in [0.5, 0.6) is 0 Å². The van der Waals surface area contributed by atoms with Crippen LogP contribution in [0.3, 0.4) is 0 Å². The van der Waals surface area contributed by atoms with Crippen LogP contribution in [0, 0.1) is 0 Å². The zero-order valence-electron chi connectivity index (χ0n) is 10.9. The number of hydrogen-bond donors (Lipinski definition) is 1. The summed E-state index contributed by atoms with van der Waals surface area (Å²) in [6, 6.07) is -0.683. The van der Waals surface area contributed by atoms with Crippen LogP contribution in [0.2, 0.25) is 5.15 Å². The van der Waals surface area contributed by atoms with Crippen LogP contribution >= 0.6 is 22.9 Å². The Morgan fingerprint density at radius 1 is 1.53 bits per heavy atom. The predicted molar refractivity (Wildman–Crippen MR) is 76.9 cm³/mol. The van der Waals surface area contributed by atoms with Gasteiger partial charge in [0.15, 0.2) is 5.13 Å². The molecule has 106 valence electrons. The average Bonchev–Trinajstić information content (AvgIpc) is 2.80. The summed E-state index contributed by atoms with van der Waals surface area (Å²) >= 11 is 7.64. The van der Waals surface area contributed by atoms with Gasteiger partial charge in [0, 0.05) is 24.4 Å². The second-order valence-electron chi connectivity index (χ2n) is 4.59. The van der Waals surface area contributed by atoms with Gasteiger partial charge in [0.1, 0.15) is 11.2 Å². The van der Waals surface area contributed by atoms with Gasteiger partial charge in [0.05, 0.1) is 7.11 Å². The highest BCUT2D eigenvalue weighted by molar-refractivity contribution is 7.16. The van der Waals surface area contributed by atoms with Crippen molar-refractivity contribution in [2.75, 3.05) is 25.1 Å². The maximum absolute atomic E-state index is 11.3. The molecule has 1 saturated heterocycles. The number of esters is 1. The molecule has 0 amide bonds. The molecule has 0 radical (unpaired) electrons. The number of aromatic nitrogens is 1. The molecule has 1 unspecified atom stereocenters. The van der Waals surface area contributed by atoms with Crippen molar-refractivity contribution in [2.45, 2.75) is 31.7 Å². The van der Waals surface area contributed by atoms with Gasteiger partial charge < -0.3 is 15.4 Å². The summed E-state index contributed by atoms with van der Waals surface area (Å²) in [4.78, 5) is 18.8. The lowest BCUT2D eigenvalue weighted by atomic mass is 10.1. The van der Waals surface area contributed by atoms with Crippen molar-refractivity contribution >= 4 is 34.0 Å². The number of anilines is 1. The summed E-state index contributed by atoms with van der Waals surface area (Å²) in [6.45, 7) is 2.04. The van der Waals surface area contributed by atoms with Gasteiger partial charge in [-0.25, -0.2) is 4.98 Å². The molecule has 19 heavy (non-hydrogen) atoms. The number of methoxy groups -OCH3 is 1. The zero-order valence-corrected chi connectivity index (χ0v) is 12.5. The van der Waals surface area contributed by atoms with Crippen molar-refractivity contribution in [1.29, 1.82) is 0 Å². The highest BCUT2D eigenvalue weighted by Crippen LogP contribution is 2.32. The van der Waals surface area contributed by atoms with Gasteiger partial charge in [-0.3, -0.25) is 4.79 Å². The summed E-state index contributed by atoms with van der Waals surface area (Å²) in [5.41, 5.74) is 5.75. The van der Waals surface area contributed by atoms with Gasteiger partial charge in [-0.1, -0.05) is 11.6 Å². The lowest BCUT2D eigenvalue weighted by molar-refractivity contribution is -0.142. The Bertz CT molecular complexity index is 446. The molecule has 1 aromatic heterocycles. The molecule has 0 bridgehead atoms. The second-order valence-corrected chi connectivity index (χ2v) is 6.01. The fourth-order valence-corrected chi connectivity index (χ4v) is 3.49. The van der Waals surface area contributed by atoms with Crippen molar-refractivity contribution in [3.8, 4) is 0 Å². The van der Waals surface area contributed by atoms with Gasteiger partial charge in [-0.2, -0.15) is 0 Å². The van der Waals surface area contributed by atoms with E-state index in [1.54, 1.807) is 0 Å². The summed E-state index contributed by atoms with van der Waals surface area (Å²) in [6.07, 6.45) is 4.02. The third kappa shape index (κ3) is 3.58. The first-order valence-electron chi connectivity index (χ1n) is 6.35. The van der Waals surface area contributed by atoms with E-state index < -0.39 is 12.0 Å². The second kappa shape index (κ2) is 6.54. The Morgan fingerprint density at radius 2 is 2.21 bits per heavy atom. The number of carbonyl (C=O) groups is 1. The first-order valence-corrected chi connectivity index (χ1v) is 7.55. The van der Waals surface area contributed by atoms with Crippen LogP contribution in [0.1, 0.15) is 24.1 Å². The summed E-state index contributed by atoms with van der Waals surface area (Å²) in [5.74, 6) is -0.427. The van der Waals surface area contributed by atoms with Crippen molar-refractivity contribution in [2.24, 2.45) is 5.73 Å². The molecule has 1 atom stereocenters. The number of thiazole rings is 1. The van der Waals surface area contributed by atoms with E-state index in [4.69, 9.17) is 17.3 Å². The maximum atomic E-state index is 11.3. The minimum Gasteiger partial charge on any atom is -0.468 e. The molecule has 1 aliphatic rings. The molecular weight excluding hydrogens is 286 g/mol. The molecule has 7 heteroatoms. The third-order valence-electron chi connectivity index (χ3n) is 3.17. The molecular formula is C12H18ClN3O2S. The first kappa shape index (κ1) is 14.6. The quantitative estimate of drug-likeness (QED) is 0.860. The molecule has 0 saturated carbocycles. The minimum atomic E-state index is -0.683. The smallest absolute Gasteiger partial charge is 0.323 e. The molecule has 1 aromatic rings. The highest BCUT2D eigenvalue weighted by atomic mass is 35.5. The number of ether oxygens (including phenoxy) is 1. The van der Waals surface area contributed by atoms with E-state index in [1.807, 2.05) is 0 Å². The Kier molecular flexibility index (Phi) is 5.01. The molecule has 0 aromatic carbocycles. The van der Waals surface area contributed by atoms with Gasteiger partial charge in [-0.05, 0) is 19.3 Å². The Morgan fingerprint density at radius 3 is 2.84 bits per heavy atom. The minimum absolute atomic E-state index is 0.372. The van der Waals surface area contributed by atoms with E-state index in [0.717, 1.165) is 23.1 Å². The standard InChI is InChI=1S/C12H18ClN3O2S/c1-18-11(17)8(14)7-9-10(13)15-12(19-9)16-5-3-2-4-6-16/h8H,2-7,14H2,1H3. The zero-order chi connectivity index (χ0) is 13.8. The topological polar surface area (TPSA) is 68.5 Å². The SMILES string of the molecule is COC(=O)C(N)Cc1sc(N2CCCCC2)nc1Cl. The average molecular weight is 304 g/mol. The van der Waals surface area contributed by atoms with Crippen LogP contribution in [0.4, 0.5) is 5.13 Å².